The molecule has 2 saturated heterocycles. The second kappa shape index (κ2) is 22.2. The molecule has 3 aromatic heterocycles. The highest BCUT2D eigenvalue weighted by atomic mass is 32.1. The smallest absolute Gasteiger partial charge is 0.410 e. The molecule has 0 spiro atoms. The van der Waals surface area contributed by atoms with Gasteiger partial charge in [-0.15, -0.1) is 11.3 Å². The molecule has 7 rings (SSSR count). The number of aryl methyl sites for hydroxylation is 2. The monoisotopic (exact) mass is 965 g/mol. The van der Waals surface area contributed by atoms with E-state index in [1.54, 1.807) is 25.7 Å². The van der Waals surface area contributed by atoms with E-state index in [0.717, 1.165) is 28.8 Å². The maximum Gasteiger partial charge on any atom is 0.410 e. The van der Waals surface area contributed by atoms with Crippen molar-refractivity contribution >= 4 is 35.1 Å². The maximum atomic E-state index is 13.0. The van der Waals surface area contributed by atoms with Gasteiger partial charge in [-0.3, -0.25) is 29.0 Å². The maximum absolute atomic E-state index is 13.0. The molecule has 0 unspecified atom stereocenters. The number of carbonyl (C=O) groups is 4. The van der Waals surface area contributed by atoms with Gasteiger partial charge < -0.3 is 28.9 Å². The van der Waals surface area contributed by atoms with E-state index in [1.165, 1.54) is 41.6 Å². The zero-order valence-electron chi connectivity index (χ0n) is 41.1. The number of aromatic amines is 2. The molecule has 2 aliphatic heterocycles. The van der Waals surface area contributed by atoms with Gasteiger partial charge in [-0.2, -0.15) is 0 Å². The van der Waals surface area contributed by atoms with Crippen molar-refractivity contribution in [2.45, 2.75) is 130 Å². The zero-order valence-corrected chi connectivity index (χ0v) is 42.0. The summed E-state index contributed by atoms with van der Waals surface area (Å²) in [5.41, 5.74) is 2.36. The molecule has 2 fully saturated rings. The number of ether oxygens (including phenoxy) is 4. The van der Waals surface area contributed by atoms with Crippen LogP contribution in [0.15, 0.2) is 64.3 Å². The number of carbonyl (C=O) groups excluding carboxylic acids is 4. The number of aromatic nitrogens is 5. The van der Waals surface area contributed by atoms with Crippen LogP contribution in [0.4, 0.5) is 9.59 Å². The number of nitrogens with zero attached hydrogens (tertiary/aromatic N) is 5. The molecule has 17 nitrogen and oxygen atoms in total. The Bertz CT molecular complexity index is 2750. The number of benzene rings is 2. The predicted octanol–water partition coefficient (Wildman–Crippen LogP) is 8.81. The standard InChI is InChI=1S/C26H33N3O6.C25H30N4O4S/c1-16-8-10-17(11-9-16)15-18(30)12-13-20(31)21-22(34-5)24(32)28-23(27-21)19-7-6-14-29(19)25(33)35-26(2,3)4;1-15-8-10-16(11-9-15)13-17-14-26-23(34-17)19-20(32-5)22(30)28-21(27-19)18-7-6-12-29(18)24(31)33-25(2,3)4/h8-11,19H,6-7,12-15H2,1-5H3,(H,27,28,32);8-11,14,18H,6-7,12-13H2,1-5H3,(H,27,28,30)/t19-;18-/m11/s1. The van der Waals surface area contributed by atoms with Gasteiger partial charge in [0.25, 0.3) is 11.1 Å². The fourth-order valence-electron chi connectivity index (χ4n) is 7.97. The summed E-state index contributed by atoms with van der Waals surface area (Å²) >= 11 is 1.48. The van der Waals surface area contributed by atoms with E-state index in [4.69, 9.17) is 23.9 Å². The normalized spacial score (nSPS) is 15.9. The van der Waals surface area contributed by atoms with Crippen molar-refractivity contribution in [2.24, 2.45) is 0 Å². The molecule has 0 aliphatic carbocycles. The van der Waals surface area contributed by atoms with Gasteiger partial charge in [-0.25, -0.2) is 24.5 Å². The van der Waals surface area contributed by atoms with Gasteiger partial charge in [-0.05, 0) is 92.2 Å². The number of H-pyrrole nitrogens is 2. The van der Waals surface area contributed by atoms with Gasteiger partial charge in [0.2, 0.25) is 11.5 Å². The highest BCUT2D eigenvalue weighted by molar-refractivity contribution is 7.15. The molecule has 18 heteroatoms. The predicted molar refractivity (Wildman–Crippen MR) is 261 cm³/mol. The molecule has 0 bridgehead atoms. The van der Waals surface area contributed by atoms with Gasteiger partial charge in [0.05, 0.1) is 26.3 Å². The van der Waals surface area contributed by atoms with E-state index in [0.29, 0.717) is 48.9 Å². The minimum Gasteiger partial charge on any atom is -0.489 e. The number of likely N-dealkylation sites (tertiary alicyclic amines) is 2. The summed E-state index contributed by atoms with van der Waals surface area (Å²) in [4.78, 5) is 99.8. The Hall–Kier alpha value is -6.69. The number of methoxy groups -OCH3 is 2. The molecule has 5 heterocycles. The second-order valence-corrected chi connectivity index (χ2v) is 20.4. The Morgan fingerprint density at radius 2 is 1.19 bits per heavy atom. The first-order valence-corrected chi connectivity index (χ1v) is 23.9. The molecular formula is C51H63N7O10S. The molecule has 2 atom stereocenters. The Labute approximate surface area is 406 Å². The largest absolute Gasteiger partial charge is 0.489 e. The summed E-state index contributed by atoms with van der Waals surface area (Å²) in [6.07, 6.45) is 4.54. The first-order valence-electron chi connectivity index (χ1n) is 23.1. The Balaban J connectivity index is 0.000000227. The quantitative estimate of drug-likeness (QED) is 0.106. The van der Waals surface area contributed by atoms with Gasteiger partial charge in [-0.1, -0.05) is 59.7 Å². The van der Waals surface area contributed by atoms with Crippen LogP contribution in [0.2, 0.25) is 0 Å². The van der Waals surface area contributed by atoms with Crippen LogP contribution in [0.1, 0.15) is 141 Å². The second-order valence-electron chi connectivity index (χ2n) is 19.2. The van der Waals surface area contributed by atoms with Gasteiger partial charge in [0.1, 0.15) is 39.3 Å². The minimum atomic E-state index is -0.669. The van der Waals surface area contributed by atoms with Crippen LogP contribution in [-0.4, -0.2) is 97.0 Å². The fourth-order valence-corrected chi connectivity index (χ4v) is 8.90. The van der Waals surface area contributed by atoms with Crippen molar-refractivity contribution in [1.82, 2.24) is 34.7 Å². The number of thiazole rings is 1. The number of rotatable bonds is 13. The third-order valence-electron chi connectivity index (χ3n) is 11.3. The first kappa shape index (κ1) is 51.7. The number of hydrogen-bond acceptors (Lipinski definition) is 14. The molecule has 2 aliphatic rings. The summed E-state index contributed by atoms with van der Waals surface area (Å²) in [6.45, 7) is 15.9. The van der Waals surface area contributed by atoms with Crippen molar-refractivity contribution in [2.75, 3.05) is 27.3 Å². The summed E-state index contributed by atoms with van der Waals surface area (Å²) in [5.74, 6) is -0.0207. The third-order valence-corrected chi connectivity index (χ3v) is 12.3. The van der Waals surface area contributed by atoms with Crippen LogP contribution in [0, 0.1) is 13.8 Å². The average Bonchev–Trinajstić information content (AvgIpc) is 4.08. The van der Waals surface area contributed by atoms with Gasteiger partial charge >= 0.3 is 12.2 Å². The average molecular weight is 966 g/mol. The number of ketones is 2. The van der Waals surface area contributed by atoms with Crippen LogP contribution in [0.3, 0.4) is 0 Å². The van der Waals surface area contributed by atoms with Gasteiger partial charge in [0.15, 0.2) is 11.5 Å². The molecule has 0 saturated carbocycles. The molecule has 69 heavy (non-hydrogen) atoms. The van der Waals surface area contributed by atoms with E-state index in [9.17, 15) is 28.8 Å². The highest BCUT2D eigenvalue weighted by Crippen LogP contribution is 2.36. The third kappa shape index (κ3) is 13.7. The fraction of sp³-hybridized carbons (Fsp3) is 0.471. The molecule has 2 N–H and O–H groups in total. The Morgan fingerprint density at radius 1 is 0.696 bits per heavy atom. The molecule has 368 valence electrons. The lowest BCUT2D eigenvalue weighted by Gasteiger charge is -2.28. The molecule has 0 radical (unpaired) electrons. The van der Waals surface area contributed by atoms with E-state index >= 15 is 0 Å². The molecule has 2 aromatic carbocycles. The lowest BCUT2D eigenvalue weighted by molar-refractivity contribution is -0.118. The van der Waals surface area contributed by atoms with Crippen molar-refractivity contribution < 1.29 is 38.1 Å². The van der Waals surface area contributed by atoms with Crippen molar-refractivity contribution in [3.05, 3.63) is 120 Å². The van der Waals surface area contributed by atoms with E-state index in [-0.39, 0.29) is 54.1 Å². The van der Waals surface area contributed by atoms with Crippen LogP contribution in [0.25, 0.3) is 10.7 Å². The summed E-state index contributed by atoms with van der Waals surface area (Å²) in [7, 11) is 2.73. The van der Waals surface area contributed by atoms with Crippen molar-refractivity contribution in [1.29, 1.82) is 0 Å². The Kier molecular flexibility index (Phi) is 16.6. The number of nitrogens with one attached hydrogen (secondary N) is 2. The van der Waals surface area contributed by atoms with Crippen LogP contribution < -0.4 is 20.6 Å². The Morgan fingerprint density at radius 3 is 1.70 bits per heavy atom. The van der Waals surface area contributed by atoms with E-state index in [1.807, 2.05) is 58.2 Å². The minimum absolute atomic E-state index is 0.0210. The van der Waals surface area contributed by atoms with E-state index in [2.05, 4.69) is 51.1 Å². The summed E-state index contributed by atoms with van der Waals surface area (Å²) < 4.78 is 21.6. The molecule has 5 aromatic rings. The first-order chi connectivity index (χ1) is 32.6. The highest BCUT2D eigenvalue weighted by Gasteiger charge is 2.37. The lowest BCUT2D eigenvalue weighted by Crippen LogP contribution is -2.37. The SMILES string of the molecule is COc1c(-c2ncc(Cc3ccc(C)cc3)s2)nc([C@H]2CCCN2C(=O)OC(C)(C)C)[nH]c1=O.COc1c(C(=O)CCC(=O)Cc2ccc(C)cc2)nc([C@H]2CCCN2C(=O)OC(C)(C)C)[nH]c1=O. The van der Waals surface area contributed by atoms with Gasteiger partial charge in [0, 0.05) is 49.8 Å². The van der Waals surface area contributed by atoms with Crippen LogP contribution in [0.5, 0.6) is 11.5 Å². The summed E-state index contributed by atoms with van der Waals surface area (Å²) in [5, 5.41) is 0.605. The molecular weight excluding hydrogens is 903 g/mol. The number of hydrogen-bond donors (Lipinski definition) is 2. The number of amides is 2. The van der Waals surface area contributed by atoms with Crippen LogP contribution in [-0.2, 0) is 27.1 Å². The molecule has 2 amide bonds. The van der Waals surface area contributed by atoms with E-state index < -0.39 is 46.3 Å². The number of Topliss-reactive ketones (excluding diaryl/α,β-unsaturated/α-hetero) is 2. The van der Waals surface area contributed by atoms with Crippen molar-refractivity contribution in [3.8, 4) is 22.2 Å². The lowest BCUT2D eigenvalue weighted by atomic mass is 10.0. The van der Waals surface area contributed by atoms with Crippen LogP contribution >= 0.6 is 11.3 Å². The summed E-state index contributed by atoms with van der Waals surface area (Å²) in [6, 6.07) is 15.1. The van der Waals surface area contributed by atoms with Crippen molar-refractivity contribution in [3.63, 3.8) is 0 Å². The zero-order chi connectivity index (χ0) is 50.2. The topological polar surface area (TPSA) is 216 Å².